The maximum Gasteiger partial charge on any atom is 0.0815 e. The Hall–Kier alpha value is -1.19. The van der Waals surface area contributed by atoms with E-state index in [-0.39, 0.29) is 0 Å². The summed E-state index contributed by atoms with van der Waals surface area (Å²) < 4.78 is 0. The minimum absolute atomic E-state index is 0.456. The van der Waals surface area contributed by atoms with Gasteiger partial charge in [0.25, 0.3) is 0 Å². The van der Waals surface area contributed by atoms with Gasteiger partial charge in [0.1, 0.15) is 0 Å². The van der Waals surface area contributed by atoms with E-state index >= 15 is 0 Å². The highest BCUT2D eigenvalue weighted by Gasteiger charge is 1.95. The Labute approximate surface area is 54.4 Å². The molecular weight excluding hydrogens is 116 g/mol. The molecule has 0 spiro atoms. The lowest BCUT2D eigenvalue weighted by atomic mass is 10.3. The third kappa shape index (κ3) is 2.03. The molecule has 0 aliphatic rings. The molecule has 4 heteroatoms. The summed E-state index contributed by atoms with van der Waals surface area (Å²) in [5, 5.41) is 3.36. The first-order valence-corrected chi connectivity index (χ1v) is 2.56. The topological polar surface area (TPSA) is 90.4 Å². The Bertz CT molecular complexity index is 152. The number of allylic oxidation sites excluding steroid dienone is 2. The van der Waals surface area contributed by atoms with Crippen molar-refractivity contribution in [2.75, 3.05) is 0 Å². The Morgan fingerprint density at radius 3 is 1.78 bits per heavy atom. The van der Waals surface area contributed by atoms with E-state index in [1.54, 1.807) is 13.8 Å². The van der Waals surface area contributed by atoms with Gasteiger partial charge in [0.15, 0.2) is 0 Å². The minimum Gasteiger partial charge on any atom is -0.401 e. The van der Waals surface area contributed by atoms with Gasteiger partial charge in [-0.05, 0) is 13.8 Å². The van der Waals surface area contributed by atoms with Gasteiger partial charge >= 0.3 is 0 Å². The molecule has 0 aliphatic heterocycles. The van der Waals surface area contributed by atoms with E-state index in [9.17, 15) is 0 Å². The second-order valence-corrected chi connectivity index (χ2v) is 1.81. The highest BCUT2D eigenvalue weighted by Crippen LogP contribution is 1.90. The van der Waals surface area contributed by atoms with Gasteiger partial charge in [-0.3, -0.25) is 0 Å². The van der Waals surface area contributed by atoms with Crippen LogP contribution in [0.3, 0.4) is 0 Å². The molecule has 9 heavy (non-hydrogen) atoms. The Morgan fingerprint density at radius 2 is 1.67 bits per heavy atom. The van der Waals surface area contributed by atoms with Crippen molar-refractivity contribution in [3.05, 3.63) is 11.4 Å². The predicted octanol–water partition coefficient (Wildman–Crippen LogP) is -0.530. The molecule has 4 nitrogen and oxygen atoms in total. The summed E-state index contributed by atoms with van der Waals surface area (Å²) >= 11 is 0. The van der Waals surface area contributed by atoms with Crippen LogP contribution in [0.25, 0.3) is 0 Å². The average Bonchev–Trinajstić information content (AvgIpc) is 1.84. The molecule has 0 aliphatic carbocycles. The molecule has 0 aromatic carbocycles. The summed E-state index contributed by atoms with van der Waals surface area (Å²) in [5.41, 5.74) is 12.3. The van der Waals surface area contributed by atoms with Crippen LogP contribution in [0.5, 0.6) is 0 Å². The van der Waals surface area contributed by atoms with Crippen molar-refractivity contribution in [1.29, 1.82) is 0 Å². The minimum atomic E-state index is 0.456. The highest BCUT2D eigenvalue weighted by molar-refractivity contribution is 5.97. The summed E-state index contributed by atoms with van der Waals surface area (Å²) in [7, 11) is 0. The first-order chi connectivity index (χ1) is 4.09. The molecule has 0 saturated heterocycles. The summed E-state index contributed by atoms with van der Waals surface area (Å²) in [4.78, 5) is 0. The molecule has 0 atom stereocenters. The van der Waals surface area contributed by atoms with Crippen LogP contribution in [-0.2, 0) is 0 Å². The zero-order chi connectivity index (χ0) is 7.44. The second kappa shape index (κ2) is 2.96. The van der Waals surface area contributed by atoms with E-state index in [1.165, 1.54) is 0 Å². The first kappa shape index (κ1) is 7.81. The van der Waals surface area contributed by atoms with Crippen molar-refractivity contribution >= 4 is 5.71 Å². The van der Waals surface area contributed by atoms with Crippen LogP contribution >= 0.6 is 0 Å². The summed E-state index contributed by atoms with van der Waals surface area (Å²) in [6, 6.07) is 0. The third-order valence-electron chi connectivity index (χ3n) is 1.01. The van der Waals surface area contributed by atoms with Crippen molar-refractivity contribution in [2.24, 2.45) is 22.4 Å². The SMILES string of the molecule is CC(=NN)C(N)=C(C)N. The quantitative estimate of drug-likeness (QED) is 0.252. The van der Waals surface area contributed by atoms with E-state index in [0.717, 1.165) is 0 Å². The molecule has 0 fully saturated rings. The molecule has 52 valence electrons. The lowest BCUT2D eigenvalue weighted by Gasteiger charge is -1.99. The van der Waals surface area contributed by atoms with Crippen molar-refractivity contribution in [3.8, 4) is 0 Å². The number of hydrazone groups is 1. The van der Waals surface area contributed by atoms with Gasteiger partial charge in [-0.25, -0.2) is 0 Å². The molecule has 0 aromatic rings. The normalized spacial score (nSPS) is 15.1. The average molecular weight is 128 g/mol. The zero-order valence-corrected chi connectivity index (χ0v) is 5.68. The fourth-order valence-electron chi connectivity index (χ4n) is 0.355. The van der Waals surface area contributed by atoms with Gasteiger partial charge < -0.3 is 17.3 Å². The van der Waals surface area contributed by atoms with Gasteiger partial charge in [0.2, 0.25) is 0 Å². The maximum absolute atomic E-state index is 5.41. The standard InChI is InChI=1S/C5H12N4/c1-3(6)5(7)4(2)9-8/h6-8H2,1-2H3. The lowest BCUT2D eigenvalue weighted by molar-refractivity contribution is 1.18. The molecule has 0 rings (SSSR count). The number of nitrogens with zero attached hydrogens (tertiary/aromatic N) is 1. The van der Waals surface area contributed by atoms with Crippen molar-refractivity contribution < 1.29 is 0 Å². The Balaban J connectivity index is 4.40. The lowest BCUT2D eigenvalue weighted by Crippen LogP contribution is -2.15. The fraction of sp³-hybridized carbons (Fsp3) is 0.400. The van der Waals surface area contributed by atoms with Crippen LogP contribution in [0.4, 0.5) is 0 Å². The highest BCUT2D eigenvalue weighted by atomic mass is 15.1. The second-order valence-electron chi connectivity index (χ2n) is 1.81. The molecule has 0 bridgehead atoms. The number of rotatable bonds is 1. The maximum atomic E-state index is 5.41. The van der Waals surface area contributed by atoms with E-state index in [1.807, 2.05) is 0 Å². The molecule has 6 N–H and O–H groups in total. The molecule has 0 amide bonds. The Morgan fingerprint density at radius 1 is 1.22 bits per heavy atom. The van der Waals surface area contributed by atoms with Gasteiger partial charge in [-0.15, -0.1) is 0 Å². The van der Waals surface area contributed by atoms with Gasteiger partial charge in [0, 0.05) is 5.70 Å². The van der Waals surface area contributed by atoms with E-state index in [4.69, 9.17) is 17.3 Å². The number of hydrogen-bond donors (Lipinski definition) is 3. The fourth-order valence-corrected chi connectivity index (χ4v) is 0.355. The predicted molar refractivity (Wildman–Crippen MR) is 38.4 cm³/mol. The first-order valence-electron chi connectivity index (χ1n) is 2.56. The molecule has 0 aromatic heterocycles. The molecule has 0 unspecified atom stereocenters. The van der Waals surface area contributed by atoms with Crippen LogP contribution in [0.2, 0.25) is 0 Å². The van der Waals surface area contributed by atoms with Crippen LogP contribution in [0.1, 0.15) is 13.8 Å². The molecular formula is C5H12N4. The monoisotopic (exact) mass is 128 g/mol. The van der Waals surface area contributed by atoms with Crippen LogP contribution in [-0.4, -0.2) is 5.71 Å². The van der Waals surface area contributed by atoms with Crippen LogP contribution < -0.4 is 17.3 Å². The third-order valence-corrected chi connectivity index (χ3v) is 1.01. The molecule has 0 radical (unpaired) electrons. The number of hydrogen-bond acceptors (Lipinski definition) is 4. The smallest absolute Gasteiger partial charge is 0.0815 e. The van der Waals surface area contributed by atoms with E-state index < -0.39 is 0 Å². The summed E-state index contributed by atoms with van der Waals surface area (Å²) in [6.07, 6.45) is 0. The molecule has 0 heterocycles. The molecule has 0 saturated carbocycles. The van der Waals surface area contributed by atoms with E-state index in [2.05, 4.69) is 5.10 Å². The van der Waals surface area contributed by atoms with Crippen LogP contribution in [0, 0.1) is 0 Å². The van der Waals surface area contributed by atoms with Gasteiger partial charge in [-0.1, -0.05) is 0 Å². The van der Waals surface area contributed by atoms with Crippen molar-refractivity contribution in [3.63, 3.8) is 0 Å². The summed E-state index contributed by atoms with van der Waals surface area (Å²) in [5.74, 6) is 4.93. The number of nitrogens with two attached hydrogens (primary N) is 3. The Kier molecular flexibility index (Phi) is 2.57. The van der Waals surface area contributed by atoms with E-state index in [0.29, 0.717) is 17.1 Å². The van der Waals surface area contributed by atoms with Gasteiger partial charge in [-0.2, -0.15) is 5.10 Å². The van der Waals surface area contributed by atoms with Crippen molar-refractivity contribution in [2.45, 2.75) is 13.8 Å². The summed E-state index contributed by atoms with van der Waals surface area (Å²) in [6.45, 7) is 3.40. The van der Waals surface area contributed by atoms with Crippen LogP contribution in [0.15, 0.2) is 16.5 Å². The zero-order valence-electron chi connectivity index (χ0n) is 5.68. The van der Waals surface area contributed by atoms with Gasteiger partial charge in [0.05, 0.1) is 11.4 Å². The largest absolute Gasteiger partial charge is 0.401 e. The van der Waals surface area contributed by atoms with Crippen molar-refractivity contribution in [1.82, 2.24) is 0 Å².